The molecule has 27 heavy (non-hydrogen) atoms. The standard InChI is InChI=1S/C19H25ClN4O2S/c1-13(18(25)21-16-5-3-4-6-16)27-19-23-22-17(24(19)11-12-26-2)14-7-9-15(20)10-8-14/h7-10,13,16H,3-6,11-12H2,1-2H3,(H,21,25)/t13-/m0/s1. The number of carbonyl (C=O) groups is 1. The van der Waals surface area contributed by atoms with E-state index in [0.29, 0.717) is 29.4 Å². The van der Waals surface area contributed by atoms with Crippen molar-refractivity contribution in [2.24, 2.45) is 0 Å². The highest BCUT2D eigenvalue weighted by molar-refractivity contribution is 8.00. The van der Waals surface area contributed by atoms with Crippen LogP contribution in [0.2, 0.25) is 5.02 Å². The van der Waals surface area contributed by atoms with E-state index in [1.807, 2.05) is 35.8 Å². The number of nitrogens with one attached hydrogen (secondary N) is 1. The largest absolute Gasteiger partial charge is 0.383 e. The number of rotatable bonds is 8. The van der Waals surface area contributed by atoms with Gasteiger partial charge >= 0.3 is 0 Å². The molecule has 1 aliphatic carbocycles. The summed E-state index contributed by atoms with van der Waals surface area (Å²) in [6.45, 7) is 3.06. The van der Waals surface area contributed by atoms with Crippen LogP contribution in [0.25, 0.3) is 11.4 Å². The van der Waals surface area contributed by atoms with E-state index in [9.17, 15) is 4.79 Å². The fourth-order valence-corrected chi connectivity index (χ4v) is 4.18. The maximum Gasteiger partial charge on any atom is 0.233 e. The molecular formula is C19H25ClN4O2S. The number of hydrogen-bond donors (Lipinski definition) is 1. The van der Waals surface area contributed by atoms with Gasteiger partial charge in [-0.1, -0.05) is 36.2 Å². The Bertz CT molecular complexity index is 760. The van der Waals surface area contributed by atoms with Crippen LogP contribution in [0.5, 0.6) is 0 Å². The second-order valence-electron chi connectivity index (χ2n) is 6.71. The summed E-state index contributed by atoms with van der Waals surface area (Å²) < 4.78 is 7.23. The first-order chi connectivity index (χ1) is 13.1. The summed E-state index contributed by atoms with van der Waals surface area (Å²) in [5, 5.41) is 13.0. The Balaban J connectivity index is 1.75. The molecule has 1 saturated carbocycles. The van der Waals surface area contributed by atoms with Crippen molar-refractivity contribution in [3.05, 3.63) is 29.3 Å². The highest BCUT2D eigenvalue weighted by Gasteiger charge is 2.24. The van der Waals surface area contributed by atoms with Crippen molar-refractivity contribution in [3.63, 3.8) is 0 Å². The van der Waals surface area contributed by atoms with Gasteiger partial charge in [0.25, 0.3) is 0 Å². The van der Waals surface area contributed by atoms with Gasteiger partial charge in [0.05, 0.1) is 18.4 Å². The van der Waals surface area contributed by atoms with Crippen molar-refractivity contribution in [3.8, 4) is 11.4 Å². The fraction of sp³-hybridized carbons (Fsp3) is 0.526. The molecule has 3 rings (SSSR count). The molecule has 1 atom stereocenters. The molecule has 146 valence electrons. The number of thioether (sulfide) groups is 1. The summed E-state index contributed by atoms with van der Waals surface area (Å²) in [5.74, 6) is 0.802. The topological polar surface area (TPSA) is 69.0 Å². The van der Waals surface area contributed by atoms with Crippen molar-refractivity contribution < 1.29 is 9.53 Å². The zero-order chi connectivity index (χ0) is 19.2. The Morgan fingerprint density at radius 2 is 2.04 bits per heavy atom. The number of nitrogens with zero attached hydrogens (tertiary/aromatic N) is 3. The van der Waals surface area contributed by atoms with Crippen LogP contribution in [0.4, 0.5) is 0 Å². The number of hydrogen-bond acceptors (Lipinski definition) is 5. The van der Waals surface area contributed by atoms with Crippen molar-refractivity contribution in [2.45, 2.75) is 55.6 Å². The lowest BCUT2D eigenvalue weighted by Crippen LogP contribution is -2.37. The predicted molar refractivity (Wildman–Crippen MR) is 108 cm³/mol. The number of halogens is 1. The summed E-state index contributed by atoms with van der Waals surface area (Å²) in [5.41, 5.74) is 0.929. The molecule has 1 amide bonds. The van der Waals surface area contributed by atoms with Gasteiger partial charge in [-0.15, -0.1) is 10.2 Å². The number of ether oxygens (including phenoxy) is 1. The smallest absolute Gasteiger partial charge is 0.233 e. The lowest BCUT2D eigenvalue weighted by Gasteiger charge is -2.16. The Hall–Kier alpha value is -1.57. The van der Waals surface area contributed by atoms with Gasteiger partial charge in [0.2, 0.25) is 5.91 Å². The van der Waals surface area contributed by atoms with Crippen LogP contribution in [0.1, 0.15) is 32.6 Å². The van der Waals surface area contributed by atoms with Crippen LogP contribution in [-0.2, 0) is 16.1 Å². The minimum absolute atomic E-state index is 0.0567. The van der Waals surface area contributed by atoms with Crippen molar-refractivity contribution in [1.82, 2.24) is 20.1 Å². The van der Waals surface area contributed by atoms with Crippen LogP contribution in [0.15, 0.2) is 29.4 Å². The van der Waals surface area contributed by atoms with Gasteiger partial charge in [0.15, 0.2) is 11.0 Å². The number of aromatic nitrogens is 3. The lowest BCUT2D eigenvalue weighted by atomic mass is 10.2. The molecule has 0 bridgehead atoms. The molecule has 1 N–H and O–H groups in total. The molecule has 0 unspecified atom stereocenters. The monoisotopic (exact) mass is 408 g/mol. The molecule has 8 heteroatoms. The molecule has 1 fully saturated rings. The third-order valence-corrected chi connectivity index (χ3v) is 6.02. The first kappa shape index (κ1) is 20.2. The van der Waals surface area contributed by atoms with Gasteiger partial charge < -0.3 is 10.1 Å². The molecule has 6 nitrogen and oxygen atoms in total. The highest BCUT2D eigenvalue weighted by Crippen LogP contribution is 2.28. The summed E-state index contributed by atoms with van der Waals surface area (Å²) in [4.78, 5) is 12.5. The Morgan fingerprint density at radius 3 is 2.70 bits per heavy atom. The van der Waals surface area contributed by atoms with E-state index in [1.54, 1.807) is 7.11 Å². The molecule has 1 aliphatic rings. The molecule has 1 aromatic carbocycles. The Morgan fingerprint density at radius 1 is 1.33 bits per heavy atom. The minimum Gasteiger partial charge on any atom is -0.383 e. The summed E-state index contributed by atoms with van der Waals surface area (Å²) in [6, 6.07) is 7.81. The van der Waals surface area contributed by atoms with Gasteiger partial charge in [-0.3, -0.25) is 9.36 Å². The summed E-state index contributed by atoms with van der Waals surface area (Å²) in [6.07, 6.45) is 4.55. The molecule has 1 aromatic heterocycles. The number of amides is 1. The predicted octanol–water partition coefficient (Wildman–Crippen LogP) is 3.78. The van der Waals surface area contributed by atoms with Crippen LogP contribution < -0.4 is 5.32 Å². The van der Waals surface area contributed by atoms with Crippen LogP contribution >= 0.6 is 23.4 Å². The quantitative estimate of drug-likeness (QED) is 0.673. The van der Waals surface area contributed by atoms with Gasteiger partial charge in [-0.2, -0.15) is 0 Å². The van der Waals surface area contributed by atoms with E-state index >= 15 is 0 Å². The number of benzene rings is 1. The average Bonchev–Trinajstić information content (AvgIpc) is 3.30. The zero-order valence-electron chi connectivity index (χ0n) is 15.7. The SMILES string of the molecule is COCCn1c(S[C@@H](C)C(=O)NC2CCCC2)nnc1-c1ccc(Cl)cc1. The second kappa shape index (κ2) is 9.57. The van der Waals surface area contributed by atoms with Gasteiger partial charge in [-0.25, -0.2) is 0 Å². The maximum absolute atomic E-state index is 12.5. The molecule has 0 spiro atoms. The first-order valence-corrected chi connectivity index (χ1v) is 10.5. The number of carbonyl (C=O) groups excluding carboxylic acids is 1. The third-order valence-electron chi connectivity index (χ3n) is 4.69. The zero-order valence-corrected chi connectivity index (χ0v) is 17.2. The fourth-order valence-electron chi connectivity index (χ4n) is 3.17. The molecule has 2 aromatic rings. The average molecular weight is 409 g/mol. The Labute approximate surface area is 169 Å². The molecular weight excluding hydrogens is 384 g/mol. The lowest BCUT2D eigenvalue weighted by molar-refractivity contribution is -0.120. The number of methoxy groups -OCH3 is 1. The van der Waals surface area contributed by atoms with E-state index in [0.717, 1.165) is 24.2 Å². The van der Waals surface area contributed by atoms with Gasteiger partial charge in [-0.05, 0) is 44.0 Å². The molecule has 0 radical (unpaired) electrons. The van der Waals surface area contributed by atoms with E-state index < -0.39 is 0 Å². The Kier molecular flexibility index (Phi) is 7.15. The van der Waals surface area contributed by atoms with Crippen LogP contribution in [-0.4, -0.2) is 45.7 Å². The first-order valence-electron chi connectivity index (χ1n) is 9.23. The normalized spacial score (nSPS) is 15.8. The van der Waals surface area contributed by atoms with Gasteiger partial charge in [0.1, 0.15) is 0 Å². The highest BCUT2D eigenvalue weighted by atomic mass is 35.5. The van der Waals surface area contributed by atoms with Crippen LogP contribution in [0.3, 0.4) is 0 Å². The van der Waals surface area contributed by atoms with E-state index in [4.69, 9.17) is 16.3 Å². The minimum atomic E-state index is -0.242. The summed E-state index contributed by atoms with van der Waals surface area (Å²) in [7, 11) is 1.66. The molecule has 0 aliphatic heterocycles. The van der Waals surface area contributed by atoms with Gasteiger partial charge in [0, 0.05) is 23.7 Å². The second-order valence-corrected chi connectivity index (χ2v) is 8.45. The van der Waals surface area contributed by atoms with E-state index in [-0.39, 0.29) is 11.2 Å². The van der Waals surface area contributed by atoms with E-state index in [2.05, 4.69) is 15.5 Å². The van der Waals surface area contributed by atoms with E-state index in [1.165, 1.54) is 24.6 Å². The van der Waals surface area contributed by atoms with Crippen LogP contribution in [0, 0.1) is 0 Å². The molecule has 1 heterocycles. The third kappa shape index (κ3) is 5.24. The van der Waals surface area contributed by atoms with Crippen molar-refractivity contribution in [1.29, 1.82) is 0 Å². The molecule has 0 saturated heterocycles. The summed E-state index contributed by atoms with van der Waals surface area (Å²) >= 11 is 7.42. The maximum atomic E-state index is 12.5. The van der Waals surface area contributed by atoms with Crippen molar-refractivity contribution >= 4 is 29.3 Å². The van der Waals surface area contributed by atoms with Crippen molar-refractivity contribution in [2.75, 3.05) is 13.7 Å².